The number of nitrogens with zero attached hydrogens (tertiary/aromatic N) is 4. The Labute approximate surface area is 133 Å². The molecule has 0 aromatic carbocycles. The van der Waals surface area contributed by atoms with Crippen LogP contribution in [0.25, 0.3) is 10.2 Å². The highest BCUT2D eigenvalue weighted by Crippen LogP contribution is 2.32. The minimum Gasteiger partial charge on any atom is -0.442 e. The van der Waals surface area contributed by atoms with Crippen molar-refractivity contribution in [3.8, 4) is 0 Å². The Morgan fingerprint density at radius 3 is 2.82 bits per heavy atom. The van der Waals surface area contributed by atoms with Crippen molar-refractivity contribution in [1.82, 2.24) is 15.0 Å². The fraction of sp³-hybridized carbons (Fsp3) is 0.533. The zero-order valence-corrected chi connectivity index (χ0v) is 14.1. The van der Waals surface area contributed by atoms with Crippen LogP contribution in [0.3, 0.4) is 0 Å². The lowest BCUT2D eigenvalue weighted by atomic mass is 10.2. The number of carbonyl (C=O) groups excluding carboxylic acids is 1. The fourth-order valence-electron chi connectivity index (χ4n) is 2.51. The van der Waals surface area contributed by atoms with Gasteiger partial charge < -0.3 is 4.74 Å². The topological polar surface area (TPSA) is 58.6 Å². The van der Waals surface area contributed by atoms with E-state index in [1.54, 1.807) is 22.7 Å². The molecule has 0 bridgehead atoms. The van der Waals surface area contributed by atoms with Crippen LogP contribution in [0.1, 0.15) is 32.1 Å². The predicted molar refractivity (Wildman–Crippen MR) is 87.1 cm³/mol. The molecule has 0 spiro atoms. The van der Waals surface area contributed by atoms with Crippen LogP contribution < -0.4 is 5.01 Å². The zero-order chi connectivity index (χ0) is 15.9. The number of fused-ring (bicyclic) bond motifs is 1. The first kappa shape index (κ1) is 15.0. The van der Waals surface area contributed by atoms with E-state index in [4.69, 9.17) is 4.74 Å². The first-order chi connectivity index (χ1) is 10.3. The van der Waals surface area contributed by atoms with Gasteiger partial charge in [0.2, 0.25) is 0 Å². The van der Waals surface area contributed by atoms with Gasteiger partial charge in [0.1, 0.15) is 16.8 Å². The Morgan fingerprint density at radius 2 is 2.09 bits per heavy atom. The minimum atomic E-state index is -0.509. The summed E-state index contributed by atoms with van der Waals surface area (Å²) in [6, 6.07) is 2.07. The third kappa shape index (κ3) is 2.85. The molecule has 0 radical (unpaired) electrons. The first-order valence-corrected chi connectivity index (χ1v) is 8.16. The van der Waals surface area contributed by atoms with Gasteiger partial charge >= 0.3 is 6.09 Å². The number of carbonyl (C=O) groups is 1. The third-order valence-corrected chi connectivity index (χ3v) is 4.27. The quantitative estimate of drug-likeness (QED) is 0.806. The molecular formula is C15H20N4O2S. The van der Waals surface area contributed by atoms with Crippen LogP contribution in [0.5, 0.6) is 0 Å². The van der Waals surface area contributed by atoms with E-state index in [1.165, 1.54) is 4.88 Å². The van der Waals surface area contributed by atoms with Crippen molar-refractivity contribution in [2.75, 3.05) is 18.1 Å². The van der Waals surface area contributed by atoms with Crippen molar-refractivity contribution < 1.29 is 9.53 Å². The summed E-state index contributed by atoms with van der Waals surface area (Å²) in [5, 5.41) is 4.53. The van der Waals surface area contributed by atoms with Crippen molar-refractivity contribution in [1.29, 1.82) is 0 Å². The van der Waals surface area contributed by atoms with E-state index in [0.717, 1.165) is 29.0 Å². The van der Waals surface area contributed by atoms with Gasteiger partial charge in [-0.05, 0) is 40.2 Å². The minimum absolute atomic E-state index is 0.330. The lowest BCUT2D eigenvalue weighted by Gasteiger charge is -2.31. The Balaban J connectivity index is 1.93. The van der Waals surface area contributed by atoms with E-state index in [9.17, 15) is 4.79 Å². The summed E-state index contributed by atoms with van der Waals surface area (Å²) >= 11 is 1.63. The number of hydrogen-bond acceptors (Lipinski definition) is 6. The summed E-state index contributed by atoms with van der Waals surface area (Å²) in [5.41, 5.74) is -0.509. The summed E-state index contributed by atoms with van der Waals surface area (Å²) in [4.78, 5) is 23.2. The molecule has 0 N–H and O–H groups in total. The average Bonchev–Trinajstić information content (AvgIpc) is 3.00. The Bertz CT molecular complexity index is 707. The number of aryl methyl sites for hydroxylation is 1. The number of hydrazine groups is 1. The second-order valence-corrected chi connectivity index (χ2v) is 7.59. The van der Waals surface area contributed by atoms with Gasteiger partial charge in [0, 0.05) is 18.0 Å². The maximum atomic E-state index is 12.4. The van der Waals surface area contributed by atoms with Gasteiger partial charge in [0.15, 0.2) is 5.82 Å². The van der Waals surface area contributed by atoms with Gasteiger partial charge in [-0.1, -0.05) is 0 Å². The Hall–Kier alpha value is -1.89. The van der Waals surface area contributed by atoms with Crippen molar-refractivity contribution in [2.45, 2.75) is 39.7 Å². The van der Waals surface area contributed by atoms with Crippen LogP contribution in [0.15, 0.2) is 12.4 Å². The molecule has 3 rings (SSSR count). The van der Waals surface area contributed by atoms with E-state index < -0.39 is 5.60 Å². The summed E-state index contributed by atoms with van der Waals surface area (Å²) in [6.45, 7) is 9.05. The third-order valence-electron chi connectivity index (χ3n) is 3.31. The second-order valence-electron chi connectivity index (χ2n) is 6.35. The smallest absolute Gasteiger partial charge is 0.429 e. The van der Waals surface area contributed by atoms with Gasteiger partial charge in [0.05, 0.1) is 5.39 Å². The highest BCUT2D eigenvalue weighted by Gasteiger charge is 2.32. The van der Waals surface area contributed by atoms with Gasteiger partial charge in [-0.2, -0.15) is 0 Å². The van der Waals surface area contributed by atoms with E-state index >= 15 is 0 Å². The molecule has 0 aliphatic carbocycles. The monoisotopic (exact) mass is 320 g/mol. The molecule has 22 heavy (non-hydrogen) atoms. The molecular weight excluding hydrogens is 300 g/mol. The van der Waals surface area contributed by atoms with Crippen LogP contribution in [-0.2, 0) is 4.74 Å². The van der Waals surface area contributed by atoms with E-state index in [1.807, 2.05) is 32.7 Å². The molecule has 2 aromatic rings. The molecule has 1 aliphatic heterocycles. The molecule has 7 heteroatoms. The molecule has 0 atom stereocenters. The number of amides is 1. The lowest BCUT2D eigenvalue weighted by molar-refractivity contribution is 0.0273. The molecule has 2 aromatic heterocycles. The molecule has 1 saturated heterocycles. The van der Waals surface area contributed by atoms with Crippen molar-refractivity contribution in [3.63, 3.8) is 0 Å². The van der Waals surface area contributed by atoms with Gasteiger partial charge in [-0.3, -0.25) is 5.01 Å². The molecule has 1 fully saturated rings. The lowest BCUT2D eigenvalue weighted by Crippen LogP contribution is -2.44. The highest BCUT2D eigenvalue weighted by molar-refractivity contribution is 7.18. The highest BCUT2D eigenvalue weighted by atomic mass is 32.1. The standard InChI is InChI=1S/C15H20N4O2S/c1-10-8-11-12(16-9-17-13(11)22-10)18-6-5-7-19(18)14(20)21-15(2,3)4/h8-9H,5-7H2,1-4H3. The van der Waals surface area contributed by atoms with Crippen LogP contribution >= 0.6 is 11.3 Å². The summed E-state index contributed by atoms with van der Waals surface area (Å²) in [5.74, 6) is 0.776. The molecule has 118 valence electrons. The largest absolute Gasteiger partial charge is 0.442 e. The number of ether oxygens (including phenoxy) is 1. The average molecular weight is 320 g/mol. The number of aromatic nitrogens is 2. The van der Waals surface area contributed by atoms with Gasteiger partial charge in [-0.15, -0.1) is 11.3 Å². The van der Waals surface area contributed by atoms with Gasteiger partial charge in [0.25, 0.3) is 0 Å². The van der Waals surface area contributed by atoms with E-state index in [-0.39, 0.29) is 6.09 Å². The molecule has 6 nitrogen and oxygen atoms in total. The van der Waals surface area contributed by atoms with Crippen LogP contribution in [-0.4, -0.2) is 39.8 Å². The molecule has 0 saturated carbocycles. The van der Waals surface area contributed by atoms with E-state index in [0.29, 0.717) is 6.54 Å². The SMILES string of the molecule is Cc1cc2c(N3CCCN3C(=O)OC(C)(C)C)ncnc2s1. The molecule has 1 amide bonds. The van der Waals surface area contributed by atoms with E-state index in [2.05, 4.69) is 16.0 Å². The van der Waals surface area contributed by atoms with Crippen LogP contribution in [0, 0.1) is 6.92 Å². The predicted octanol–water partition coefficient (Wildman–Crippen LogP) is 3.36. The van der Waals surface area contributed by atoms with Gasteiger partial charge in [-0.25, -0.2) is 19.8 Å². The fourth-order valence-corrected chi connectivity index (χ4v) is 3.35. The van der Waals surface area contributed by atoms with Crippen LogP contribution in [0.2, 0.25) is 0 Å². The Kier molecular flexibility index (Phi) is 3.68. The van der Waals surface area contributed by atoms with Crippen molar-refractivity contribution in [3.05, 3.63) is 17.3 Å². The van der Waals surface area contributed by atoms with Crippen LogP contribution in [0.4, 0.5) is 10.6 Å². The first-order valence-electron chi connectivity index (χ1n) is 7.34. The zero-order valence-electron chi connectivity index (χ0n) is 13.3. The maximum absolute atomic E-state index is 12.4. The number of hydrogen-bond donors (Lipinski definition) is 0. The number of anilines is 1. The van der Waals surface area contributed by atoms with Crippen molar-refractivity contribution in [2.24, 2.45) is 0 Å². The molecule has 1 aliphatic rings. The molecule has 0 unspecified atom stereocenters. The Morgan fingerprint density at radius 1 is 1.32 bits per heavy atom. The summed E-state index contributed by atoms with van der Waals surface area (Å²) < 4.78 is 5.50. The summed E-state index contributed by atoms with van der Waals surface area (Å²) in [6.07, 6.45) is 2.12. The second kappa shape index (κ2) is 5.39. The number of thiophene rings is 1. The normalized spacial score (nSPS) is 15.6. The summed E-state index contributed by atoms with van der Waals surface area (Å²) in [7, 11) is 0. The van der Waals surface area contributed by atoms with Crippen molar-refractivity contribution >= 4 is 33.5 Å². The molecule has 3 heterocycles. The maximum Gasteiger partial charge on any atom is 0.429 e. The number of rotatable bonds is 1.